The molecule has 0 N–H and O–H groups in total. The van der Waals surface area contributed by atoms with Crippen LogP contribution in [0.1, 0.15) is 32.8 Å². The van der Waals surface area contributed by atoms with E-state index >= 15 is 0 Å². The van der Waals surface area contributed by atoms with Gasteiger partial charge in [0, 0.05) is 12.3 Å². The first-order valence-corrected chi connectivity index (χ1v) is 5.36. The Morgan fingerprint density at radius 1 is 1.20 bits per heavy atom. The van der Waals surface area contributed by atoms with E-state index in [-0.39, 0.29) is 5.82 Å². The van der Waals surface area contributed by atoms with Gasteiger partial charge in [0.1, 0.15) is 5.82 Å². The van der Waals surface area contributed by atoms with Gasteiger partial charge in [-0.25, -0.2) is 4.39 Å². The Balaban J connectivity index is 2.53. The number of halogens is 1. The normalized spacial score (nSPS) is 13.7. The molecule has 0 aliphatic rings. The summed E-state index contributed by atoms with van der Waals surface area (Å²) in [6.07, 6.45) is 2.89. The smallest absolute Gasteiger partial charge is 0.123 e. The summed E-state index contributed by atoms with van der Waals surface area (Å²) in [5.41, 5.74) is 0.951. The molecule has 1 aromatic carbocycles. The Hall–Kier alpha value is -1.18. The Morgan fingerprint density at radius 2 is 1.80 bits per heavy atom. The second kappa shape index (κ2) is 5.64. The molecule has 0 spiro atoms. The fraction of sp³-hybridized carbons (Fsp3) is 0.462. The van der Waals surface area contributed by atoms with Gasteiger partial charge in [-0.3, -0.25) is 4.99 Å². The van der Waals surface area contributed by atoms with Crippen molar-refractivity contribution in [2.75, 3.05) is 0 Å². The summed E-state index contributed by atoms with van der Waals surface area (Å²) in [7, 11) is 0. The average molecular weight is 207 g/mol. The zero-order chi connectivity index (χ0) is 11.3. The molecule has 0 heterocycles. The average Bonchev–Trinajstić information content (AvgIpc) is 2.16. The first-order chi connectivity index (χ1) is 7.08. The van der Waals surface area contributed by atoms with E-state index in [1.54, 1.807) is 12.1 Å². The second-order valence-corrected chi connectivity index (χ2v) is 4.31. The van der Waals surface area contributed by atoms with Gasteiger partial charge in [-0.1, -0.05) is 26.0 Å². The maximum atomic E-state index is 12.6. The molecule has 82 valence electrons. The van der Waals surface area contributed by atoms with Crippen molar-refractivity contribution in [1.29, 1.82) is 0 Å². The lowest BCUT2D eigenvalue weighted by molar-refractivity contribution is 0.523. The SMILES string of the molecule is CC(C)C[C@H](C)N=Cc1ccc(F)cc1. The van der Waals surface area contributed by atoms with E-state index < -0.39 is 0 Å². The monoisotopic (exact) mass is 207 g/mol. The van der Waals surface area contributed by atoms with E-state index in [0.717, 1.165) is 12.0 Å². The summed E-state index contributed by atoms with van der Waals surface area (Å²) in [6, 6.07) is 6.71. The Bertz CT molecular complexity index is 314. The van der Waals surface area contributed by atoms with E-state index in [2.05, 4.69) is 25.8 Å². The van der Waals surface area contributed by atoms with Crippen LogP contribution in [0.2, 0.25) is 0 Å². The van der Waals surface area contributed by atoms with Gasteiger partial charge >= 0.3 is 0 Å². The van der Waals surface area contributed by atoms with Gasteiger partial charge < -0.3 is 0 Å². The third kappa shape index (κ3) is 4.73. The summed E-state index contributed by atoms with van der Waals surface area (Å²) in [5, 5.41) is 0. The van der Waals surface area contributed by atoms with Crippen molar-refractivity contribution in [3.63, 3.8) is 0 Å². The Morgan fingerprint density at radius 3 is 2.33 bits per heavy atom. The van der Waals surface area contributed by atoms with Gasteiger partial charge in [-0.15, -0.1) is 0 Å². The van der Waals surface area contributed by atoms with Crippen LogP contribution >= 0.6 is 0 Å². The van der Waals surface area contributed by atoms with Crippen LogP contribution in [0.4, 0.5) is 4.39 Å². The molecular weight excluding hydrogens is 189 g/mol. The largest absolute Gasteiger partial charge is 0.290 e. The third-order valence-electron chi connectivity index (χ3n) is 2.16. The van der Waals surface area contributed by atoms with Crippen molar-refractivity contribution in [3.05, 3.63) is 35.6 Å². The molecule has 0 bridgehead atoms. The molecule has 0 aromatic heterocycles. The predicted octanol–water partition coefficient (Wildman–Crippen LogP) is 3.68. The van der Waals surface area contributed by atoms with Gasteiger partial charge in [0.25, 0.3) is 0 Å². The van der Waals surface area contributed by atoms with Crippen molar-refractivity contribution < 1.29 is 4.39 Å². The van der Waals surface area contributed by atoms with Crippen molar-refractivity contribution in [3.8, 4) is 0 Å². The van der Waals surface area contributed by atoms with Crippen LogP contribution in [0, 0.1) is 11.7 Å². The highest BCUT2D eigenvalue weighted by Gasteiger charge is 2.01. The van der Waals surface area contributed by atoms with E-state index in [1.165, 1.54) is 12.1 Å². The quantitative estimate of drug-likeness (QED) is 0.668. The van der Waals surface area contributed by atoms with Gasteiger partial charge in [-0.2, -0.15) is 0 Å². The minimum absolute atomic E-state index is 0.206. The van der Waals surface area contributed by atoms with Gasteiger partial charge in [0.2, 0.25) is 0 Å². The molecule has 0 aliphatic carbocycles. The van der Waals surface area contributed by atoms with Crippen LogP contribution in [0.25, 0.3) is 0 Å². The molecule has 0 amide bonds. The first-order valence-electron chi connectivity index (χ1n) is 5.36. The summed E-state index contributed by atoms with van der Waals surface area (Å²) < 4.78 is 12.6. The highest BCUT2D eigenvalue weighted by atomic mass is 19.1. The molecule has 15 heavy (non-hydrogen) atoms. The van der Waals surface area contributed by atoms with Crippen molar-refractivity contribution in [2.45, 2.75) is 33.2 Å². The van der Waals surface area contributed by atoms with Crippen LogP contribution in [-0.4, -0.2) is 12.3 Å². The van der Waals surface area contributed by atoms with E-state index in [1.807, 2.05) is 6.21 Å². The molecule has 0 fully saturated rings. The second-order valence-electron chi connectivity index (χ2n) is 4.31. The van der Waals surface area contributed by atoms with Crippen LogP contribution in [0.15, 0.2) is 29.3 Å². The van der Waals surface area contributed by atoms with Gasteiger partial charge in [0.05, 0.1) is 0 Å². The number of hydrogen-bond acceptors (Lipinski definition) is 1. The highest BCUT2D eigenvalue weighted by Crippen LogP contribution is 2.07. The standard InChI is InChI=1S/C13H18FN/c1-10(2)8-11(3)15-9-12-4-6-13(14)7-5-12/h4-7,9-11H,8H2,1-3H3/t11-/m0/s1. The van der Waals surface area contributed by atoms with Gasteiger partial charge in [-0.05, 0) is 37.0 Å². The molecule has 2 heteroatoms. The number of rotatable bonds is 4. The molecule has 1 nitrogen and oxygen atoms in total. The summed E-state index contributed by atoms with van der Waals surface area (Å²) >= 11 is 0. The number of aliphatic imine (C=N–C) groups is 1. The molecule has 0 aliphatic heterocycles. The first kappa shape index (κ1) is 11.9. The number of hydrogen-bond donors (Lipinski definition) is 0. The Labute approximate surface area is 91.0 Å². The minimum Gasteiger partial charge on any atom is -0.290 e. The zero-order valence-corrected chi connectivity index (χ0v) is 9.57. The van der Waals surface area contributed by atoms with Crippen LogP contribution < -0.4 is 0 Å². The number of benzene rings is 1. The topological polar surface area (TPSA) is 12.4 Å². The molecule has 1 atom stereocenters. The lowest BCUT2D eigenvalue weighted by Gasteiger charge is -2.08. The number of nitrogens with zero attached hydrogens (tertiary/aromatic N) is 1. The molecular formula is C13H18FN. The minimum atomic E-state index is -0.206. The van der Waals surface area contributed by atoms with Crippen LogP contribution in [-0.2, 0) is 0 Å². The lowest BCUT2D eigenvalue weighted by Crippen LogP contribution is -2.03. The maximum absolute atomic E-state index is 12.6. The fourth-order valence-electron chi connectivity index (χ4n) is 1.51. The molecule has 1 rings (SSSR count). The van der Waals surface area contributed by atoms with Crippen molar-refractivity contribution in [2.24, 2.45) is 10.9 Å². The molecule has 0 saturated heterocycles. The van der Waals surface area contributed by atoms with Crippen LogP contribution in [0.5, 0.6) is 0 Å². The van der Waals surface area contributed by atoms with Crippen molar-refractivity contribution >= 4 is 6.21 Å². The molecule has 0 saturated carbocycles. The third-order valence-corrected chi connectivity index (χ3v) is 2.16. The maximum Gasteiger partial charge on any atom is 0.123 e. The molecule has 0 unspecified atom stereocenters. The van der Waals surface area contributed by atoms with E-state index in [0.29, 0.717) is 12.0 Å². The van der Waals surface area contributed by atoms with Gasteiger partial charge in [0.15, 0.2) is 0 Å². The predicted molar refractivity (Wildman–Crippen MR) is 62.9 cm³/mol. The summed E-state index contributed by atoms with van der Waals surface area (Å²) in [4.78, 5) is 4.42. The lowest BCUT2D eigenvalue weighted by atomic mass is 10.1. The van der Waals surface area contributed by atoms with E-state index in [9.17, 15) is 4.39 Å². The zero-order valence-electron chi connectivity index (χ0n) is 9.57. The van der Waals surface area contributed by atoms with E-state index in [4.69, 9.17) is 0 Å². The highest BCUT2D eigenvalue weighted by molar-refractivity contribution is 5.79. The molecule has 1 aromatic rings. The summed E-state index contributed by atoms with van der Waals surface area (Å²) in [5.74, 6) is 0.452. The fourth-order valence-corrected chi connectivity index (χ4v) is 1.51. The van der Waals surface area contributed by atoms with Crippen molar-refractivity contribution in [1.82, 2.24) is 0 Å². The van der Waals surface area contributed by atoms with Crippen LogP contribution in [0.3, 0.4) is 0 Å². The Kier molecular flexibility index (Phi) is 4.47. The summed E-state index contributed by atoms with van der Waals surface area (Å²) in [6.45, 7) is 6.47. The molecule has 0 radical (unpaired) electrons.